The molecular formula is C39H56N4O7. The summed E-state index contributed by atoms with van der Waals surface area (Å²) in [5.41, 5.74) is 0.919. The number of aromatic nitrogens is 2. The lowest BCUT2D eigenvalue weighted by molar-refractivity contribution is -0.156. The highest BCUT2D eigenvalue weighted by Gasteiger charge is 2.51. The van der Waals surface area contributed by atoms with Gasteiger partial charge in [0.05, 0.1) is 31.3 Å². The highest BCUT2D eigenvalue weighted by molar-refractivity contribution is 5.91. The third-order valence-corrected chi connectivity index (χ3v) is 9.68. The lowest BCUT2D eigenvalue weighted by atomic mass is 9.85. The summed E-state index contributed by atoms with van der Waals surface area (Å²) in [4.78, 5) is 52.6. The van der Waals surface area contributed by atoms with Crippen molar-refractivity contribution in [1.82, 2.24) is 20.2 Å². The van der Waals surface area contributed by atoms with E-state index in [2.05, 4.69) is 30.4 Å². The number of allylic oxidation sites excluding steroid dienone is 1. The lowest BCUT2D eigenvalue weighted by Gasteiger charge is -2.35. The van der Waals surface area contributed by atoms with E-state index in [0.29, 0.717) is 28.4 Å². The van der Waals surface area contributed by atoms with Crippen LogP contribution in [0.1, 0.15) is 86.3 Å². The molecule has 2 aliphatic rings. The Bertz CT molecular complexity index is 1540. The van der Waals surface area contributed by atoms with Gasteiger partial charge < -0.3 is 29.2 Å². The van der Waals surface area contributed by atoms with Crippen LogP contribution in [0, 0.1) is 29.1 Å². The molecule has 2 fully saturated rings. The highest BCUT2D eigenvalue weighted by Crippen LogP contribution is 2.37. The second-order valence-electron chi connectivity index (χ2n) is 15.4. The molecule has 2 heterocycles. The van der Waals surface area contributed by atoms with Crippen molar-refractivity contribution < 1.29 is 33.3 Å². The topological polar surface area (TPSA) is 129 Å². The Morgan fingerprint density at radius 3 is 2.46 bits per heavy atom. The number of carbonyl (C=O) groups excluding carboxylic acids is 3. The van der Waals surface area contributed by atoms with Gasteiger partial charge in [0.1, 0.15) is 35.7 Å². The van der Waals surface area contributed by atoms with Gasteiger partial charge in [-0.3, -0.25) is 4.79 Å². The summed E-state index contributed by atoms with van der Waals surface area (Å²) in [6.45, 7) is 21.5. The van der Waals surface area contributed by atoms with Gasteiger partial charge in [-0.2, -0.15) is 0 Å². The number of amides is 2. The number of likely N-dealkylation sites (tertiary alicyclic amines) is 1. The number of esters is 1. The number of rotatable bonds is 14. The summed E-state index contributed by atoms with van der Waals surface area (Å²) in [6, 6.07) is 3.41. The van der Waals surface area contributed by atoms with E-state index in [1.165, 1.54) is 4.90 Å². The molecule has 1 N–H and O–H groups in total. The number of unbranched alkanes of at least 4 members (excludes halogenated alkanes) is 1. The van der Waals surface area contributed by atoms with Gasteiger partial charge in [0, 0.05) is 12.0 Å². The van der Waals surface area contributed by atoms with Crippen LogP contribution in [0.15, 0.2) is 37.4 Å². The number of methoxy groups -OCH3 is 1. The van der Waals surface area contributed by atoms with E-state index in [1.54, 1.807) is 31.4 Å². The lowest BCUT2D eigenvalue weighted by Crippen LogP contribution is -2.57. The van der Waals surface area contributed by atoms with E-state index in [4.69, 9.17) is 23.9 Å². The molecule has 2 amide bonds. The molecule has 0 bridgehead atoms. The maximum Gasteiger partial charge on any atom is 0.408 e. The van der Waals surface area contributed by atoms with Crippen LogP contribution in [0.5, 0.6) is 11.6 Å². The van der Waals surface area contributed by atoms with Gasteiger partial charge in [-0.15, -0.1) is 6.58 Å². The Kier molecular flexibility index (Phi) is 12.9. The molecule has 0 unspecified atom stereocenters. The first-order valence-corrected chi connectivity index (χ1v) is 17.9. The molecule has 0 radical (unpaired) electrons. The summed E-state index contributed by atoms with van der Waals surface area (Å²) in [6.07, 6.45) is 6.59. The minimum absolute atomic E-state index is 0.0602. The SMILES string of the molecule is C=CCCC[C@@H]1C[C@@H](C)C[C@H]1OC(=O)N[C@H](C(=O)N1C[C@H](Oc2nc3cc(OC)ccc3nc2C=C)[C@@H](C)[C@H]1C(=O)OCC(C)C)C(C)(C)C. The molecule has 4 rings (SSSR count). The van der Waals surface area contributed by atoms with Gasteiger partial charge in [0.2, 0.25) is 11.8 Å². The molecule has 1 aromatic carbocycles. The maximum absolute atomic E-state index is 14.5. The largest absolute Gasteiger partial charge is 0.497 e. The van der Waals surface area contributed by atoms with Crippen molar-refractivity contribution in [3.8, 4) is 11.6 Å². The second-order valence-corrected chi connectivity index (χ2v) is 15.4. The second kappa shape index (κ2) is 16.7. The standard InChI is InChI=1S/C39H56N4O7/c1-11-13-14-15-26-18-24(5)19-31(26)50-38(46)42-34(39(7,8)9)36(44)43-21-32(25(6)33(43)37(45)48-22-23(3)4)49-35-28(12-2)40-29-17-16-27(47-10)20-30(29)41-35/h11-12,16-17,20,23-26,31-34H,1-2,13-15,18-19,21-22H2,3-10H3,(H,42,46)/t24-,25-,26-,31-,32+,33+,34-/m1/s1. The Balaban J connectivity index is 1.60. The van der Waals surface area contributed by atoms with Crippen molar-refractivity contribution in [2.75, 3.05) is 20.3 Å². The normalized spacial score (nSPS) is 24.1. The minimum atomic E-state index is -0.990. The molecule has 11 heteroatoms. The van der Waals surface area contributed by atoms with Crippen LogP contribution in [-0.4, -0.2) is 77.4 Å². The van der Waals surface area contributed by atoms with Gasteiger partial charge in [0.15, 0.2) is 0 Å². The van der Waals surface area contributed by atoms with Crippen LogP contribution in [-0.2, 0) is 19.1 Å². The van der Waals surface area contributed by atoms with Gasteiger partial charge in [-0.05, 0) is 73.5 Å². The summed E-state index contributed by atoms with van der Waals surface area (Å²) < 4.78 is 23.5. The summed E-state index contributed by atoms with van der Waals surface area (Å²) in [7, 11) is 1.57. The zero-order chi connectivity index (χ0) is 36.7. The molecular weight excluding hydrogens is 636 g/mol. The fraction of sp³-hybridized carbons (Fsp3) is 0.615. The minimum Gasteiger partial charge on any atom is -0.497 e. The monoisotopic (exact) mass is 692 g/mol. The first-order valence-electron chi connectivity index (χ1n) is 17.9. The number of nitrogens with one attached hydrogen (secondary N) is 1. The average molecular weight is 693 g/mol. The Hall–Kier alpha value is -4.15. The van der Waals surface area contributed by atoms with E-state index in [9.17, 15) is 14.4 Å². The van der Waals surface area contributed by atoms with E-state index < -0.39 is 47.5 Å². The third kappa shape index (κ3) is 9.34. The van der Waals surface area contributed by atoms with Gasteiger partial charge in [-0.25, -0.2) is 19.6 Å². The van der Waals surface area contributed by atoms with Gasteiger partial charge in [0.25, 0.3) is 0 Å². The Morgan fingerprint density at radius 2 is 1.82 bits per heavy atom. The molecule has 50 heavy (non-hydrogen) atoms. The van der Waals surface area contributed by atoms with Crippen LogP contribution in [0.2, 0.25) is 0 Å². The summed E-state index contributed by atoms with van der Waals surface area (Å²) >= 11 is 0. The molecule has 2 aromatic rings. The summed E-state index contributed by atoms with van der Waals surface area (Å²) in [5.74, 6) is 0.222. The third-order valence-electron chi connectivity index (χ3n) is 9.68. The number of hydrogen-bond donors (Lipinski definition) is 1. The zero-order valence-corrected chi connectivity index (χ0v) is 31.1. The first kappa shape index (κ1) is 38.6. The number of fused-ring (bicyclic) bond motifs is 1. The van der Waals surface area contributed by atoms with E-state index >= 15 is 0 Å². The zero-order valence-electron chi connectivity index (χ0n) is 31.1. The predicted molar refractivity (Wildman–Crippen MR) is 194 cm³/mol. The molecule has 0 spiro atoms. The Labute approximate surface area is 297 Å². The van der Waals surface area contributed by atoms with Crippen molar-refractivity contribution in [2.45, 2.75) is 105 Å². The quantitative estimate of drug-likeness (QED) is 0.127. The molecule has 1 saturated carbocycles. The van der Waals surface area contributed by atoms with E-state index in [0.717, 1.165) is 32.1 Å². The van der Waals surface area contributed by atoms with Crippen LogP contribution < -0.4 is 14.8 Å². The van der Waals surface area contributed by atoms with Crippen molar-refractivity contribution in [2.24, 2.45) is 29.1 Å². The number of alkyl carbamates (subject to hydrolysis) is 1. The number of benzene rings is 1. The van der Waals surface area contributed by atoms with Crippen molar-refractivity contribution in [1.29, 1.82) is 0 Å². The smallest absolute Gasteiger partial charge is 0.408 e. The van der Waals surface area contributed by atoms with Gasteiger partial charge >= 0.3 is 12.1 Å². The van der Waals surface area contributed by atoms with Crippen LogP contribution in [0.3, 0.4) is 0 Å². The van der Waals surface area contributed by atoms with E-state index in [1.807, 2.05) is 47.6 Å². The molecule has 11 nitrogen and oxygen atoms in total. The van der Waals surface area contributed by atoms with Gasteiger partial charge in [-0.1, -0.05) is 61.1 Å². The van der Waals surface area contributed by atoms with Crippen LogP contribution >= 0.6 is 0 Å². The average Bonchev–Trinajstić information content (AvgIpc) is 3.58. The molecule has 1 aliphatic carbocycles. The van der Waals surface area contributed by atoms with Crippen LogP contribution in [0.4, 0.5) is 4.79 Å². The van der Waals surface area contributed by atoms with Crippen LogP contribution in [0.25, 0.3) is 17.1 Å². The maximum atomic E-state index is 14.5. The van der Waals surface area contributed by atoms with Crippen molar-refractivity contribution in [3.63, 3.8) is 0 Å². The fourth-order valence-corrected chi connectivity index (χ4v) is 6.96. The highest BCUT2D eigenvalue weighted by atomic mass is 16.6. The van der Waals surface area contributed by atoms with Crippen molar-refractivity contribution in [3.05, 3.63) is 43.1 Å². The number of carbonyl (C=O) groups is 3. The Morgan fingerprint density at radius 1 is 1.08 bits per heavy atom. The number of nitrogens with zero attached hydrogens (tertiary/aromatic N) is 3. The molecule has 1 aromatic heterocycles. The molecule has 7 atom stereocenters. The van der Waals surface area contributed by atoms with E-state index in [-0.39, 0.29) is 37.0 Å². The molecule has 1 saturated heterocycles. The number of ether oxygens (including phenoxy) is 4. The number of hydrogen-bond acceptors (Lipinski definition) is 9. The fourth-order valence-electron chi connectivity index (χ4n) is 6.96. The summed E-state index contributed by atoms with van der Waals surface area (Å²) in [5, 5.41) is 2.89. The predicted octanol–water partition coefficient (Wildman–Crippen LogP) is 6.99. The van der Waals surface area contributed by atoms with Crippen molar-refractivity contribution >= 4 is 35.1 Å². The first-order chi connectivity index (χ1) is 23.7. The molecule has 1 aliphatic heterocycles. The molecule has 274 valence electrons.